The average Bonchev–Trinajstić information content (AvgIpc) is 2.27. The number of benzene rings is 1. The number of carbonyl (C=O) groups excluding carboxylic acids is 1. The summed E-state index contributed by atoms with van der Waals surface area (Å²) in [6.07, 6.45) is -0.496. The van der Waals surface area contributed by atoms with Gasteiger partial charge in [-0.05, 0) is 32.4 Å². The van der Waals surface area contributed by atoms with Crippen LogP contribution in [0.4, 0.5) is 0 Å². The Kier molecular flexibility index (Phi) is 5.51. The Morgan fingerprint density at radius 3 is 2.82 bits per heavy atom. The van der Waals surface area contributed by atoms with Crippen molar-refractivity contribution in [3.63, 3.8) is 0 Å². The first-order valence-electron chi connectivity index (χ1n) is 5.64. The van der Waals surface area contributed by atoms with Gasteiger partial charge in [0.15, 0.2) is 0 Å². The van der Waals surface area contributed by atoms with Gasteiger partial charge in [-0.2, -0.15) is 0 Å². The van der Waals surface area contributed by atoms with E-state index in [1.54, 1.807) is 6.92 Å². The molecule has 0 fully saturated rings. The highest BCUT2D eigenvalue weighted by molar-refractivity contribution is 8.00. The summed E-state index contributed by atoms with van der Waals surface area (Å²) in [5.74, 6) is 0.341. The fraction of sp³-hybridized carbons (Fsp3) is 0.462. The molecule has 3 nitrogen and oxygen atoms in total. The Bertz CT molecular complexity index is 391. The fourth-order valence-electron chi connectivity index (χ4n) is 1.32. The van der Waals surface area contributed by atoms with Crippen LogP contribution in [0.3, 0.4) is 0 Å². The van der Waals surface area contributed by atoms with Gasteiger partial charge in [-0.15, -0.1) is 11.8 Å². The molecule has 1 aromatic rings. The van der Waals surface area contributed by atoms with Crippen molar-refractivity contribution < 1.29 is 9.90 Å². The molecule has 2 N–H and O–H groups in total. The maximum atomic E-state index is 11.5. The number of aryl methyl sites for hydroxylation is 2. The predicted molar refractivity (Wildman–Crippen MR) is 71.3 cm³/mol. The van der Waals surface area contributed by atoms with Gasteiger partial charge in [-0.25, -0.2) is 0 Å². The molecule has 0 aliphatic rings. The lowest BCUT2D eigenvalue weighted by Gasteiger charge is -2.08. The van der Waals surface area contributed by atoms with Crippen LogP contribution in [-0.4, -0.2) is 29.4 Å². The molecule has 1 atom stereocenters. The molecule has 0 heterocycles. The third-order valence-corrected chi connectivity index (χ3v) is 3.45. The molecule has 1 aromatic carbocycles. The predicted octanol–water partition coefficient (Wildman–Crippen LogP) is 1.89. The first-order valence-corrected chi connectivity index (χ1v) is 6.62. The van der Waals surface area contributed by atoms with Gasteiger partial charge < -0.3 is 10.4 Å². The van der Waals surface area contributed by atoms with Gasteiger partial charge >= 0.3 is 0 Å². The molecule has 94 valence electrons. The Balaban J connectivity index is 2.44. The highest BCUT2D eigenvalue weighted by Gasteiger charge is 2.05. The van der Waals surface area contributed by atoms with E-state index in [9.17, 15) is 4.79 Å². The molecule has 17 heavy (non-hydrogen) atoms. The summed E-state index contributed by atoms with van der Waals surface area (Å²) >= 11 is 1.53. The number of hydrogen-bond donors (Lipinski definition) is 2. The maximum absolute atomic E-state index is 11.5. The molecule has 0 spiro atoms. The maximum Gasteiger partial charge on any atom is 0.230 e. The molecule has 0 saturated carbocycles. The number of nitrogens with one attached hydrogen (secondary N) is 1. The molecule has 1 rings (SSSR count). The second kappa shape index (κ2) is 6.67. The number of amides is 1. The van der Waals surface area contributed by atoms with Crippen molar-refractivity contribution in [3.8, 4) is 0 Å². The smallest absolute Gasteiger partial charge is 0.230 e. The van der Waals surface area contributed by atoms with E-state index in [0.29, 0.717) is 12.3 Å². The third-order valence-electron chi connectivity index (χ3n) is 2.30. The van der Waals surface area contributed by atoms with Crippen LogP contribution in [0.1, 0.15) is 18.1 Å². The van der Waals surface area contributed by atoms with Crippen molar-refractivity contribution in [3.05, 3.63) is 29.3 Å². The minimum Gasteiger partial charge on any atom is -0.392 e. The Labute approximate surface area is 107 Å². The Morgan fingerprint density at radius 1 is 1.47 bits per heavy atom. The average molecular weight is 253 g/mol. The molecule has 1 amide bonds. The zero-order valence-electron chi connectivity index (χ0n) is 10.5. The van der Waals surface area contributed by atoms with Crippen molar-refractivity contribution in [2.75, 3.05) is 12.3 Å². The van der Waals surface area contributed by atoms with Crippen molar-refractivity contribution >= 4 is 17.7 Å². The zero-order chi connectivity index (χ0) is 12.8. The SMILES string of the molecule is Cc1ccc(C)c(SCC(=O)NC[C@H](C)O)c1. The molecular weight excluding hydrogens is 234 g/mol. The second-order valence-electron chi connectivity index (χ2n) is 4.21. The van der Waals surface area contributed by atoms with E-state index in [2.05, 4.69) is 23.5 Å². The molecule has 0 aromatic heterocycles. The fourth-order valence-corrected chi connectivity index (χ4v) is 2.27. The lowest BCUT2D eigenvalue weighted by atomic mass is 10.2. The Morgan fingerprint density at radius 2 is 2.18 bits per heavy atom. The minimum absolute atomic E-state index is 0.0446. The topological polar surface area (TPSA) is 49.3 Å². The summed E-state index contributed by atoms with van der Waals surface area (Å²) in [4.78, 5) is 12.6. The summed E-state index contributed by atoms with van der Waals surface area (Å²) in [5, 5.41) is 11.7. The summed E-state index contributed by atoms with van der Waals surface area (Å²) in [5.41, 5.74) is 2.38. The van der Waals surface area contributed by atoms with Crippen molar-refractivity contribution in [1.82, 2.24) is 5.32 Å². The van der Waals surface area contributed by atoms with Gasteiger partial charge in [0.05, 0.1) is 11.9 Å². The van der Waals surface area contributed by atoms with E-state index in [4.69, 9.17) is 5.11 Å². The largest absolute Gasteiger partial charge is 0.392 e. The molecule has 0 aliphatic heterocycles. The van der Waals surface area contributed by atoms with E-state index >= 15 is 0 Å². The molecule has 0 saturated heterocycles. The van der Waals surface area contributed by atoms with Crippen molar-refractivity contribution in [1.29, 1.82) is 0 Å². The van der Waals surface area contributed by atoms with Crippen LogP contribution >= 0.6 is 11.8 Å². The van der Waals surface area contributed by atoms with Crippen LogP contribution in [0.15, 0.2) is 23.1 Å². The van der Waals surface area contributed by atoms with Gasteiger partial charge in [0.25, 0.3) is 0 Å². The normalized spacial score (nSPS) is 12.2. The third kappa shape index (κ3) is 5.24. The van der Waals surface area contributed by atoms with Gasteiger partial charge in [0.1, 0.15) is 0 Å². The van der Waals surface area contributed by atoms with Gasteiger partial charge in [0.2, 0.25) is 5.91 Å². The van der Waals surface area contributed by atoms with Gasteiger partial charge in [-0.3, -0.25) is 4.79 Å². The van der Waals surface area contributed by atoms with Crippen LogP contribution in [0.25, 0.3) is 0 Å². The monoisotopic (exact) mass is 253 g/mol. The Hall–Kier alpha value is -1.00. The first kappa shape index (κ1) is 14.1. The van der Waals surface area contributed by atoms with E-state index in [1.165, 1.54) is 22.9 Å². The number of thioether (sulfide) groups is 1. The lowest BCUT2D eigenvalue weighted by molar-refractivity contribution is -0.118. The molecule has 0 radical (unpaired) electrons. The van der Waals surface area contributed by atoms with Crippen molar-refractivity contribution in [2.45, 2.75) is 31.8 Å². The number of hydrogen-bond acceptors (Lipinski definition) is 3. The number of rotatable bonds is 5. The summed E-state index contributed by atoms with van der Waals surface area (Å²) in [6.45, 7) is 6.04. The lowest BCUT2D eigenvalue weighted by Crippen LogP contribution is -2.31. The van der Waals surface area contributed by atoms with Crippen LogP contribution < -0.4 is 5.32 Å². The molecular formula is C13H19NO2S. The van der Waals surface area contributed by atoms with Crippen LogP contribution in [0.2, 0.25) is 0 Å². The van der Waals surface area contributed by atoms with E-state index in [1.807, 2.05) is 13.8 Å². The zero-order valence-corrected chi connectivity index (χ0v) is 11.3. The number of aliphatic hydroxyl groups excluding tert-OH is 1. The van der Waals surface area contributed by atoms with Gasteiger partial charge in [-0.1, -0.05) is 17.7 Å². The quantitative estimate of drug-likeness (QED) is 0.788. The van der Waals surface area contributed by atoms with Crippen LogP contribution in [-0.2, 0) is 4.79 Å². The highest BCUT2D eigenvalue weighted by atomic mass is 32.2. The van der Waals surface area contributed by atoms with E-state index in [0.717, 1.165) is 4.90 Å². The highest BCUT2D eigenvalue weighted by Crippen LogP contribution is 2.23. The van der Waals surface area contributed by atoms with Crippen LogP contribution in [0.5, 0.6) is 0 Å². The number of aliphatic hydroxyl groups is 1. The summed E-state index contributed by atoms with van der Waals surface area (Å²) in [7, 11) is 0. The minimum atomic E-state index is -0.496. The first-order chi connectivity index (χ1) is 7.99. The standard InChI is InChI=1S/C13H19NO2S/c1-9-4-5-10(2)12(6-9)17-8-13(16)14-7-11(3)15/h4-6,11,15H,7-8H2,1-3H3,(H,14,16)/t11-/m0/s1. The van der Waals surface area contributed by atoms with E-state index in [-0.39, 0.29) is 5.91 Å². The molecule has 0 unspecified atom stereocenters. The molecule has 0 bridgehead atoms. The second-order valence-corrected chi connectivity index (χ2v) is 5.23. The summed E-state index contributed by atoms with van der Waals surface area (Å²) in [6, 6.07) is 6.21. The van der Waals surface area contributed by atoms with E-state index < -0.39 is 6.10 Å². The number of carbonyl (C=O) groups is 1. The van der Waals surface area contributed by atoms with Crippen LogP contribution in [0, 0.1) is 13.8 Å². The molecule has 4 heteroatoms. The summed E-state index contributed by atoms with van der Waals surface area (Å²) < 4.78 is 0. The molecule has 0 aliphatic carbocycles. The van der Waals surface area contributed by atoms with Gasteiger partial charge in [0, 0.05) is 11.4 Å². The van der Waals surface area contributed by atoms with Crippen molar-refractivity contribution in [2.24, 2.45) is 0 Å².